The van der Waals surface area contributed by atoms with Crippen LogP contribution in [0.15, 0.2) is 59.5 Å². The Morgan fingerprint density at radius 1 is 1.03 bits per heavy atom. The number of pyridine rings is 1. The van der Waals surface area contributed by atoms with Crippen molar-refractivity contribution in [3.8, 4) is 0 Å². The number of ether oxygens (including phenoxy) is 1. The molecule has 2 aliphatic rings. The molecule has 1 amide bonds. The van der Waals surface area contributed by atoms with Crippen molar-refractivity contribution in [2.45, 2.75) is 25.8 Å². The molecule has 202 valence electrons. The van der Waals surface area contributed by atoms with Crippen molar-refractivity contribution in [1.82, 2.24) is 14.8 Å². The van der Waals surface area contributed by atoms with Crippen LogP contribution in [-0.2, 0) is 11.3 Å². The first-order valence-corrected chi connectivity index (χ1v) is 13.3. The van der Waals surface area contributed by atoms with Crippen LogP contribution in [0.1, 0.15) is 28.8 Å². The number of anilines is 1. The number of carbonyl (C=O) groups is 1. The lowest BCUT2D eigenvalue weighted by atomic mass is 9.96. The second-order valence-corrected chi connectivity index (χ2v) is 10.2. The zero-order chi connectivity index (χ0) is 26.5. The second kappa shape index (κ2) is 12.0. The topological polar surface area (TPSA) is 66.8 Å². The first-order chi connectivity index (χ1) is 18.5. The minimum atomic E-state index is -2.31. The Morgan fingerprint density at radius 3 is 2.58 bits per heavy atom. The molecular weight excluding hydrogens is 490 g/mol. The van der Waals surface area contributed by atoms with Gasteiger partial charge in [0.1, 0.15) is 0 Å². The number of benzene rings is 2. The van der Waals surface area contributed by atoms with Crippen molar-refractivity contribution >= 4 is 22.4 Å². The van der Waals surface area contributed by atoms with E-state index in [0.717, 1.165) is 42.6 Å². The van der Waals surface area contributed by atoms with E-state index >= 15 is 0 Å². The quantitative estimate of drug-likeness (QED) is 0.488. The fourth-order valence-electron chi connectivity index (χ4n) is 5.33. The van der Waals surface area contributed by atoms with Crippen molar-refractivity contribution in [2.24, 2.45) is 5.92 Å². The molecule has 5 rings (SSSR count). The van der Waals surface area contributed by atoms with Gasteiger partial charge in [-0.25, -0.2) is 8.78 Å². The van der Waals surface area contributed by atoms with E-state index < -0.39 is 6.43 Å². The third-order valence-corrected chi connectivity index (χ3v) is 7.53. The Kier molecular flexibility index (Phi) is 8.34. The smallest absolute Gasteiger partial charge is 0.258 e. The highest BCUT2D eigenvalue weighted by atomic mass is 19.3. The molecule has 1 N–H and O–H groups in total. The van der Waals surface area contributed by atoms with Gasteiger partial charge < -0.3 is 19.5 Å². The first-order valence-electron chi connectivity index (χ1n) is 13.3. The summed E-state index contributed by atoms with van der Waals surface area (Å²) in [7, 11) is 0. The highest BCUT2D eigenvalue weighted by Gasteiger charge is 2.22. The van der Waals surface area contributed by atoms with E-state index in [-0.39, 0.29) is 23.9 Å². The zero-order valence-corrected chi connectivity index (χ0v) is 21.5. The van der Waals surface area contributed by atoms with E-state index in [0.29, 0.717) is 50.3 Å². The van der Waals surface area contributed by atoms with Crippen LogP contribution >= 0.6 is 0 Å². The van der Waals surface area contributed by atoms with Gasteiger partial charge in [0.2, 0.25) is 0 Å². The van der Waals surface area contributed by atoms with Crippen molar-refractivity contribution < 1.29 is 18.3 Å². The van der Waals surface area contributed by atoms with E-state index in [1.807, 2.05) is 36.4 Å². The van der Waals surface area contributed by atoms with Crippen LogP contribution in [0.2, 0.25) is 0 Å². The van der Waals surface area contributed by atoms with Crippen LogP contribution < -0.4 is 15.8 Å². The maximum absolute atomic E-state index is 13.2. The van der Waals surface area contributed by atoms with Crippen molar-refractivity contribution in [3.63, 3.8) is 0 Å². The number of likely N-dealkylation sites (tertiary alicyclic amines) is 1. The molecule has 9 heteroatoms. The highest BCUT2D eigenvalue weighted by Crippen LogP contribution is 2.22. The maximum atomic E-state index is 13.2. The standard InChI is InChI=1S/C29H34F2N4O3/c30-27(31)20-33-9-6-21(7-10-33)18-32-28(36)24-3-1-2-22(16-24)19-35-11-8-23-17-25(4-5-26(23)29(35)37)34-12-14-38-15-13-34/h1-5,8,11,16-17,21,27H,6-7,9-10,12-15,18-20H2,(H,32,36). The molecule has 2 aliphatic heterocycles. The average molecular weight is 525 g/mol. The largest absolute Gasteiger partial charge is 0.378 e. The van der Waals surface area contributed by atoms with Gasteiger partial charge in [0.05, 0.1) is 26.3 Å². The molecule has 0 bridgehead atoms. The third-order valence-electron chi connectivity index (χ3n) is 7.53. The summed E-state index contributed by atoms with van der Waals surface area (Å²) in [5, 5.41) is 4.57. The number of amides is 1. The predicted octanol–water partition coefficient (Wildman–Crippen LogP) is 3.59. The summed E-state index contributed by atoms with van der Waals surface area (Å²) in [5.74, 6) is 0.124. The summed E-state index contributed by atoms with van der Waals surface area (Å²) in [5.41, 5.74) is 2.44. The van der Waals surface area contributed by atoms with Crippen LogP contribution in [0.4, 0.5) is 14.5 Å². The number of nitrogens with zero attached hydrogens (tertiary/aromatic N) is 3. The monoisotopic (exact) mass is 524 g/mol. The number of nitrogens with one attached hydrogen (secondary N) is 1. The van der Waals surface area contributed by atoms with Gasteiger partial charge in [-0.2, -0.15) is 0 Å². The predicted molar refractivity (Wildman–Crippen MR) is 144 cm³/mol. The van der Waals surface area contributed by atoms with Crippen LogP contribution in [0, 0.1) is 5.92 Å². The summed E-state index contributed by atoms with van der Waals surface area (Å²) in [6.07, 6.45) is 1.09. The number of hydrogen-bond donors (Lipinski definition) is 1. The molecule has 38 heavy (non-hydrogen) atoms. The number of alkyl halides is 2. The third kappa shape index (κ3) is 6.39. The lowest BCUT2D eigenvalue weighted by Crippen LogP contribution is -2.40. The van der Waals surface area contributed by atoms with E-state index in [1.54, 1.807) is 21.7 Å². The van der Waals surface area contributed by atoms with Crippen molar-refractivity contribution in [2.75, 3.05) is 57.4 Å². The average Bonchev–Trinajstić information content (AvgIpc) is 2.94. The van der Waals surface area contributed by atoms with Gasteiger partial charge in [-0.1, -0.05) is 12.1 Å². The van der Waals surface area contributed by atoms with Gasteiger partial charge in [0.25, 0.3) is 17.9 Å². The maximum Gasteiger partial charge on any atom is 0.258 e. The molecule has 0 unspecified atom stereocenters. The molecule has 1 aromatic heterocycles. The summed E-state index contributed by atoms with van der Waals surface area (Å²) in [6, 6.07) is 15.2. The molecule has 3 aromatic rings. The number of piperidine rings is 1. The Balaban J connectivity index is 1.20. The molecule has 0 radical (unpaired) electrons. The summed E-state index contributed by atoms with van der Waals surface area (Å²) in [6.45, 7) is 5.08. The molecule has 2 fully saturated rings. The molecule has 2 saturated heterocycles. The Hall–Kier alpha value is -3.30. The number of morpholine rings is 1. The first kappa shape index (κ1) is 26.3. The Labute approximate surface area is 221 Å². The number of carbonyl (C=O) groups excluding carboxylic acids is 1. The summed E-state index contributed by atoms with van der Waals surface area (Å²) in [4.78, 5) is 30.1. The highest BCUT2D eigenvalue weighted by molar-refractivity contribution is 5.94. The number of fused-ring (bicyclic) bond motifs is 1. The van der Waals surface area contributed by atoms with Gasteiger partial charge in [0, 0.05) is 42.5 Å². The SMILES string of the molecule is O=C(NCC1CCN(CC(F)F)CC1)c1cccc(Cn2ccc3cc(N4CCOCC4)ccc3c2=O)c1. The number of hydrogen-bond acceptors (Lipinski definition) is 5. The Morgan fingerprint density at radius 2 is 1.82 bits per heavy atom. The number of rotatable bonds is 8. The molecule has 0 spiro atoms. The van der Waals surface area contributed by atoms with Crippen LogP contribution in [0.3, 0.4) is 0 Å². The van der Waals surface area contributed by atoms with Crippen LogP contribution in [0.25, 0.3) is 10.8 Å². The summed E-state index contributed by atoms with van der Waals surface area (Å²) < 4.78 is 32.3. The molecule has 0 saturated carbocycles. The van der Waals surface area contributed by atoms with Gasteiger partial charge in [-0.15, -0.1) is 0 Å². The lowest BCUT2D eigenvalue weighted by Gasteiger charge is -2.31. The van der Waals surface area contributed by atoms with Gasteiger partial charge in [0.15, 0.2) is 0 Å². The van der Waals surface area contributed by atoms with Gasteiger partial charge in [-0.3, -0.25) is 14.5 Å². The van der Waals surface area contributed by atoms with E-state index in [9.17, 15) is 18.4 Å². The minimum Gasteiger partial charge on any atom is -0.378 e. The Bertz CT molecular complexity index is 1310. The second-order valence-electron chi connectivity index (χ2n) is 10.2. The summed E-state index contributed by atoms with van der Waals surface area (Å²) >= 11 is 0. The van der Waals surface area contributed by atoms with Crippen molar-refractivity contribution in [3.05, 3.63) is 76.2 Å². The fraction of sp³-hybridized carbons (Fsp3) is 0.448. The number of halogens is 2. The number of aromatic nitrogens is 1. The normalized spacial score (nSPS) is 17.3. The van der Waals surface area contributed by atoms with E-state index in [4.69, 9.17) is 4.74 Å². The van der Waals surface area contributed by atoms with Gasteiger partial charge >= 0.3 is 0 Å². The molecule has 0 atom stereocenters. The minimum absolute atomic E-state index is 0.0657. The molecule has 7 nitrogen and oxygen atoms in total. The molecule has 3 heterocycles. The molecule has 2 aromatic carbocycles. The van der Waals surface area contributed by atoms with Crippen LogP contribution in [-0.4, -0.2) is 74.3 Å². The molecule has 0 aliphatic carbocycles. The molecular formula is C29H34F2N4O3. The van der Waals surface area contributed by atoms with E-state index in [1.165, 1.54) is 0 Å². The van der Waals surface area contributed by atoms with E-state index in [2.05, 4.69) is 16.3 Å². The zero-order valence-electron chi connectivity index (χ0n) is 21.5. The van der Waals surface area contributed by atoms with Crippen LogP contribution in [0.5, 0.6) is 0 Å². The lowest BCUT2D eigenvalue weighted by molar-refractivity contribution is 0.0683. The van der Waals surface area contributed by atoms with Gasteiger partial charge in [-0.05, 0) is 79.2 Å². The van der Waals surface area contributed by atoms with Crippen molar-refractivity contribution in [1.29, 1.82) is 0 Å². The fourth-order valence-corrected chi connectivity index (χ4v) is 5.33.